The number of hydrogen-bond acceptors (Lipinski definition) is 3. The molecule has 0 aromatic carbocycles. The van der Waals surface area contributed by atoms with Crippen LogP contribution in [0.5, 0.6) is 0 Å². The SMILES string of the molecule is O=C1CCOCC1CN1CCCC(C(F)(F)F)C1. The first kappa shape index (κ1) is 13.8. The average molecular weight is 265 g/mol. The van der Waals surface area contributed by atoms with Crippen molar-refractivity contribution in [2.45, 2.75) is 25.4 Å². The highest BCUT2D eigenvalue weighted by Gasteiger charge is 2.42. The molecule has 2 atom stereocenters. The van der Waals surface area contributed by atoms with Gasteiger partial charge >= 0.3 is 6.18 Å². The van der Waals surface area contributed by atoms with Gasteiger partial charge < -0.3 is 9.64 Å². The maximum absolute atomic E-state index is 12.7. The van der Waals surface area contributed by atoms with Crippen LogP contribution in [0.3, 0.4) is 0 Å². The molecule has 104 valence electrons. The van der Waals surface area contributed by atoms with Gasteiger partial charge in [-0.3, -0.25) is 4.79 Å². The minimum Gasteiger partial charge on any atom is -0.380 e. The second-order valence-corrected chi connectivity index (χ2v) is 5.13. The first-order chi connectivity index (χ1) is 8.47. The topological polar surface area (TPSA) is 29.5 Å². The largest absolute Gasteiger partial charge is 0.393 e. The van der Waals surface area contributed by atoms with Crippen LogP contribution in [0.4, 0.5) is 13.2 Å². The molecule has 3 nitrogen and oxygen atoms in total. The van der Waals surface area contributed by atoms with E-state index in [1.807, 2.05) is 0 Å². The lowest BCUT2D eigenvalue weighted by Gasteiger charge is -2.36. The molecule has 6 heteroatoms. The molecule has 2 rings (SSSR count). The number of ketones is 1. The normalized spacial score (nSPS) is 31.6. The highest BCUT2D eigenvalue weighted by molar-refractivity contribution is 5.82. The van der Waals surface area contributed by atoms with Crippen molar-refractivity contribution in [1.82, 2.24) is 4.90 Å². The Morgan fingerprint density at radius 2 is 2.17 bits per heavy atom. The Bertz CT molecular complexity index is 306. The number of carbonyl (C=O) groups is 1. The van der Waals surface area contributed by atoms with Gasteiger partial charge in [-0.15, -0.1) is 0 Å². The summed E-state index contributed by atoms with van der Waals surface area (Å²) in [4.78, 5) is 13.4. The number of piperidine rings is 1. The number of carbonyl (C=O) groups excluding carboxylic acids is 1. The Balaban J connectivity index is 1.87. The van der Waals surface area contributed by atoms with Crippen LogP contribution >= 0.6 is 0 Å². The number of rotatable bonds is 2. The van der Waals surface area contributed by atoms with Gasteiger partial charge in [-0.05, 0) is 19.4 Å². The molecule has 0 spiro atoms. The van der Waals surface area contributed by atoms with E-state index in [-0.39, 0.29) is 24.7 Å². The second kappa shape index (κ2) is 5.57. The van der Waals surface area contributed by atoms with Gasteiger partial charge in [-0.2, -0.15) is 13.2 Å². The molecule has 0 aromatic rings. The number of Topliss-reactive ketones (excluding diaryl/α,β-unsaturated/α-hetero) is 1. The molecule has 0 aliphatic carbocycles. The van der Waals surface area contributed by atoms with Gasteiger partial charge in [0.2, 0.25) is 0 Å². The summed E-state index contributed by atoms with van der Waals surface area (Å²) in [5.41, 5.74) is 0. The summed E-state index contributed by atoms with van der Waals surface area (Å²) in [5, 5.41) is 0. The molecular weight excluding hydrogens is 247 g/mol. The third kappa shape index (κ3) is 3.45. The molecule has 2 heterocycles. The molecule has 0 amide bonds. The molecule has 2 aliphatic rings. The van der Waals surface area contributed by atoms with E-state index >= 15 is 0 Å². The van der Waals surface area contributed by atoms with E-state index in [9.17, 15) is 18.0 Å². The predicted molar refractivity (Wildman–Crippen MR) is 59.2 cm³/mol. The molecule has 2 fully saturated rings. The third-order valence-corrected chi connectivity index (χ3v) is 3.71. The number of alkyl halides is 3. The van der Waals surface area contributed by atoms with E-state index in [4.69, 9.17) is 4.74 Å². The van der Waals surface area contributed by atoms with Crippen molar-refractivity contribution >= 4 is 5.78 Å². The number of ether oxygens (including phenoxy) is 1. The Morgan fingerprint density at radius 3 is 2.83 bits per heavy atom. The fourth-order valence-corrected chi connectivity index (χ4v) is 2.65. The highest BCUT2D eigenvalue weighted by Crippen LogP contribution is 2.33. The van der Waals surface area contributed by atoms with Crippen LogP contribution in [0.25, 0.3) is 0 Å². The number of hydrogen-bond donors (Lipinski definition) is 0. The summed E-state index contributed by atoms with van der Waals surface area (Å²) < 4.78 is 43.2. The Kier molecular flexibility index (Phi) is 4.27. The third-order valence-electron chi connectivity index (χ3n) is 3.71. The molecule has 0 N–H and O–H groups in total. The van der Waals surface area contributed by atoms with Gasteiger partial charge in [-0.25, -0.2) is 0 Å². The highest BCUT2D eigenvalue weighted by atomic mass is 19.4. The molecule has 18 heavy (non-hydrogen) atoms. The first-order valence-corrected chi connectivity index (χ1v) is 6.36. The Labute approximate surface area is 104 Å². The molecular formula is C12H18F3NO2. The van der Waals surface area contributed by atoms with E-state index in [1.54, 1.807) is 4.90 Å². The van der Waals surface area contributed by atoms with Crippen molar-refractivity contribution in [1.29, 1.82) is 0 Å². The standard InChI is InChI=1S/C12H18F3NO2/c13-12(14,15)10-2-1-4-16(7-10)6-9-8-18-5-3-11(9)17/h9-10H,1-8H2. The van der Waals surface area contributed by atoms with Gasteiger partial charge in [0.05, 0.1) is 25.0 Å². The van der Waals surface area contributed by atoms with Crippen LogP contribution in [0, 0.1) is 11.8 Å². The molecule has 0 radical (unpaired) electrons. The first-order valence-electron chi connectivity index (χ1n) is 6.36. The van der Waals surface area contributed by atoms with Crippen LogP contribution in [-0.4, -0.2) is 49.7 Å². The molecule has 0 aromatic heterocycles. The number of halogens is 3. The lowest BCUT2D eigenvalue weighted by atomic mass is 9.94. The quantitative estimate of drug-likeness (QED) is 0.763. The minimum absolute atomic E-state index is 0.0211. The summed E-state index contributed by atoms with van der Waals surface area (Å²) in [6.07, 6.45) is -2.98. The van der Waals surface area contributed by atoms with E-state index in [0.29, 0.717) is 39.1 Å². The van der Waals surface area contributed by atoms with Crippen LogP contribution in [0.1, 0.15) is 19.3 Å². The monoisotopic (exact) mass is 265 g/mol. The minimum atomic E-state index is -4.12. The Hall–Kier alpha value is -0.620. The van der Waals surface area contributed by atoms with Crippen molar-refractivity contribution in [3.8, 4) is 0 Å². The van der Waals surface area contributed by atoms with E-state index in [2.05, 4.69) is 0 Å². The van der Waals surface area contributed by atoms with Crippen molar-refractivity contribution in [2.75, 3.05) is 32.8 Å². The van der Waals surface area contributed by atoms with Crippen LogP contribution < -0.4 is 0 Å². The molecule has 2 saturated heterocycles. The second-order valence-electron chi connectivity index (χ2n) is 5.13. The van der Waals surface area contributed by atoms with Crippen molar-refractivity contribution < 1.29 is 22.7 Å². The molecule has 2 unspecified atom stereocenters. The lowest BCUT2D eigenvalue weighted by molar-refractivity contribution is -0.187. The Morgan fingerprint density at radius 1 is 1.39 bits per heavy atom. The predicted octanol–water partition coefficient (Wildman–Crippen LogP) is 1.87. The van der Waals surface area contributed by atoms with Gasteiger partial charge in [-0.1, -0.05) is 0 Å². The van der Waals surface area contributed by atoms with Crippen LogP contribution in [-0.2, 0) is 9.53 Å². The number of nitrogens with zero attached hydrogens (tertiary/aromatic N) is 1. The lowest BCUT2D eigenvalue weighted by Crippen LogP contribution is -2.46. The molecule has 0 bridgehead atoms. The van der Waals surface area contributed by atoms with E-state index < -0.39 is 12.1 Å². The summed E-state index contributed by atoms with van der Waals surface area (Å²) in [7, 11) is 0. The van der Waals surface area contributed by atoms with Crippen molar-refractivity contribution in [3.05, 3.63) is 0 Å². The number of likely N-dealkylation sites (tertiary alicyclic amines) is 1. The fraction of sp³-hybridized carbons (Fsp3) is 0.917. The summed E-state index contributed by atoms with van der Waals surface area (Å²) in [5.74, 6) is -1.37. The average Bonchev–Trinajstić information content (AvgIpc) is 2.31. The maximum atomic E-state index is 12.7. The van der Waals surface area contributed by atoms with Gasteiger partial charge in [0.1, 0.15) is 5.78 Å². The van der Waals surface area contributed by atoms with Crippen LogP contribution in [0.15, 0.2) is 0 Å². The zero-order chi connectivity index (χ0) is 13.2. The van der Waals surface area contributed by atoms with E-state index in [0.717, 1.165) is 0 Å². The van der Waals surface area contributed by atoms with Gasteiger partial charge in [0.15, 0.2) is 0 Å². The summed E-state index contributed by atoms with van der Waals surface area (Å²) >= 11 is 0. The zero-order valence-electron chi connectivity index (χ0n) is 10.2. The fourth-order valence-electron chi connectivity index (χ4n) is 2.65. The van der Waals surface area contributed by atoms with Crippen molar-refractivity contribution in [2.24, 2.45) is 11.8 Å². The van der Waals surface area contributed by atoms with Gasteiger partial charge in [0.25, 0.3) is 0 Å². The molecule has 0 saturated carbocycles. The van der Waals surface area contributed by atoms with E-state index in [1.165, 1.54) is 0 Å². The maximum Gasteiger partial charge on any atom is 0.393 e. The summed E-state index contributed by atoms with van der Waals surface area (Å²) in [6, 6.07) is 0. The zero-order valence-corrected chi connectivity index (χ0v) is 10.2. The van der Waals surface area contributed by atoms with Crippen LogP contribution in [0.2, 0.25) is 0 Å². The van der Waals surface area contributed by atoms with Gasteiger partial charge in [0, 0.05) is 19.5 Å². The molecule has 2 aliphatic heterocycles. The smallest absolute Gasteiger partial charge is 0.380 e. The van der Waals surface area contributed by atoms with Crippen molar-refractivity contribution in [3.63, 3.8) is 0 Å². The summed E-state index contributed by atoms with van der Waals surface area (Å²) in [6.45, 7) is 1.88.